The van der Waals surface area contributed by atoms with E-state index in [9.17, 15) is 22.6 Å². The first-order valence-corrected chi connectivity index (χ1v) is 8.81. The van der Waals surface area contributed by atoms with Crippen molar-refractivity contribution in [2.45, 2.75) is 32.6 Å². The average Bonchev–Trinajstić information content (AvgIpc) is 2.86. The summed E-state index contributed by atoms with van der Waals surface area (Å²) in [4.78, 5) is 23.7. The summed E-state index contributed by atoms with van der Waals surface area (Å²) in [6.45, 7) is 6.27. The number of hydrogen-bond acceptors (Lipinski definition) is 6. The Morgan fingerprint density at radius 2 is 1.88 bits per heavy atom. The van der Waals surface area contributed by atoms with Gasteiger partial charge in [0.1, 0.15) is 10.6 Å². The van der Waals surface area contributed by atoms with Crippen LogP contribution in [0, 0.1) is 20.8 Å². The van der Waals surface area contributed by atoms with Crippen molar-refractivity contribution in [2.24, 2.45) is 0 Å². The minimum Gasteiger partial charge on any atom is -0.461 e. The highest BCUT2D eigenvalue weighted by Crippen LogP contribution is 2.33. The first-order valence-electron chi connectivity index (χ1n) is 7.37. The molecule has 0 radical (unpaired) electrons. The van der Waals surface area contributed by atoms with E-state index in [4.69, 9.17) is 10.5 Å². The summed E-state index contributed by atoms with van der Waals surface area (Å²) in [6.07, 6.45) is 0. The van der Waals surface area contributed by atoms with Crippen molar-refractivity contribution in [3.05, 3.63) is 38.8 Å². The van der Waals surface area contributed by atoms with Gasteiger partial charge in [-0.25, -0.2) is 9.48 Å². The maximum atomic E-state index is 12.3. The van der Waals surface area contributed by atoms with Crippen LogP contribution in [-0.2, 0) is 14.9 Å². The SMILES string of the molecule is CCOC(=O)c1cc(=O)n(-c2c(C)c(N)c(C)c(S(=O)(=O)O)c2C)[nH]1. The second kappa shape index (κ2) is 6.37. The van der Waals surface area contributed by atoms with Gasteiger partial charge in [-0.1, -0.05) is 0 Å². The van der Waals surface area contributed by atoms with E-state index in [1.165, 1.54) is 13.8 Å². The van der Waals surface area contributed by atoms with E-state index in [1.54, 1.807) is 13.8 Å². The third-order valence-electron chi connectivity index (χ3n) is 3.90. The fourth-order valence-electron chi connectivity index (χ4n) is 2.80. The normalized spacial score (nSPS) is 11.6. The monoisotopic (exact) mass is 369 g/mol. The van der Waals surface area contributed by atoms with Crippen LogP contribution in [0.3, 0.4) is 0 Å². The summed E-state index contributed by atoms with van der Waals surface area (Å²) in [5.41, 5.74) is 6.29. The van der Waals surface area contributed by atoms with Crippen LogP contribution in [0.15, 0.2) is 15.8 Å². The molecule has 136 valence electrons. The molecule has 0 aliphatic rings. The van der Waals surface area contributed by atoms with Crippen LogP contribution >= 0.6 is 0 Å². The highest BCUT2D eigenvalue weighted by Gasteiger charge is 2.26. The van der Waals surface area contributed by atoms with Gasteiger partial charge in [0.05, 0.1) is 12.3 Å². The number of esters is 1. The molecule has 0 amide bonds. The minimum absolute atomic E-state index is 0.0850. The van der Waals surface area contributed by atoms with Crippen LogP contribution in [0.25, 0.3) is 5.69 Å². The van der Waals surface area contributed by atoms with E-state index in [2.05, 4.69) is 5.10 Å². The third kappa shape index (κ3) is 3.17. The Morgan fingerprint density at radius 3 is 2.40 bits per heavy atom. The molecular weight excluding hydrogens is 350 g/mol. The van der Waals surface area contributed by atoms with Gasteiger partial charge in [0, 0.05) is 11.8 Å². The Hall–Kier alpha value is -2.59. The summed E-state index contributed by atoms with van der Waals surface area (Å²) in [6, 6.07) is 1.04. The van der Waals surface area contributed by atoms with Crippen molar-refractivity contribution in [2.75, 3.05) is 12.3 Å². The van der Waals surface area contributed by atoms with Crippen molar-refractivity contribution < 1.29 is 22.5 Å². The number of anilines is 1. The molecule has 1 aromatic heterocycles. The molecule has 2 rings (SSSR count). The van der Waals surface area contributed by atoms with Crippen LogP contribution < -0.4 is 11.3 Å². The number of carbonyl (C=O) groups excluding carboxylic acids is 1. The molecule has 2 aromatic rings. The number of nitrogens with one attached hydrogen (secondary N) is 1. The van der Waals surface area contributed by atoms with Crippen molar-refractivity contribution >= 4 is 21.8 Å². The number of rotatable bonds is 4. The molecule has 0 unspecified atom stereocenters. The van der Waals surface area contributed by atoms with E-state index in [-0.39, 0.29) is 39.7 Å². The quantitative estimate of drug-likeness (QED) is 0.415. The fourth-order valence-corrected chi connectivity index (χ4v) is 3.78. The summed E-state index contributed by atoms with van der Waals surface area (Å²) in [7, 11) is -4.57. The molecule has 0 spiro atoms. The Bertz CT molecular complexity index is 1020. The van der Waals surface area contributed by atoms with E-state index >= 15 is 0 Å². The number of carbonyl (C=O) groups is 1. The zero-order valence-electron chi connectivity index (χ0n) is 14.2. The number of aromatic amines is 1. The molecule has 0 bridgehead atoms. The predicted octanol–water partition coefficient (Wildman–Crippen LogP) is 1.10. The largest absolute Gasteiger partial charge is 0.461 e. The predicted molar refractivity (Wildman–Crippen MR) is 90.8 cm³/mol. The first-order chi connectivity index (χ1) is 11.5. The van der Waals surface area contributed by atoms with Crippen LogP contribution in [0.5, 0.6) is 0 Å². The highest BCUT2D eigenvalue weighted by atomic mass is 32.2. The van der Waals surface area contributed by atoms with Crippen molar-refractivity contribution in [3.63, 3.8) is 0 Å². The molecule has 25 heavy (non-hydrogen) atoms. The standard InChI is InChI=1S/C15H19N3O6S/c1-5-24-15(20)10-6-11(19)18(17-10)13-7(2)12(16)8(3)14(9(13)4)25(21,22)23/h6,17H,5,16H2,1-4H3,(H,21,22,23). The molecule has 0 fully saturated rings. The van der Waals surface area contributed by atoms with Crippen LogP contribution in [0.2, 0.25) is 0 Å². The Morgan fingerprint density at radius 1 is 1.28 bits per heavy atom. The molecule has 0 saturated carbocycles. The molecule has 10 heteroatoms. The zero-order valence-corrected chi connectivity index (χ0v) is 15.0. The Labute approximate surface area is 144 Å². The Kier molecular flexibility index (Phi) is 4.78. The van der Waals surface area contributed by atoms with Gasteiger partial charge in [-0.3, -0.25) is 14.4 Å². The Balaban J connectivity index is 2.84. The number of benzene rings is 1. The molecule has 0 atom stereocenters. The van der Waals surface area contributed by atoms with E-state index in [1.807, 2.05) is 0 Å². The van der Waals surface area contributed by atoms with Gasteiger partial charge in [0.15, 0.2) is 0 Å². The molecule has 0 saturated heterocycles. The van der Waals surface area contributed by atoms with Crippen LogP contribution in [-0.4, -0.2) is 35.3 Å². The van der Waals surface area contributed by atoms with Crippen molar-refractivity contribution in [1.29, 1.82) is 0 Å². The summed E-state index contributed by atoms with van der Waals surface area (Å²) >= 11 is 0. The number of hydrogen-bond donors (Lipinski definition) is 3. The lowest BCUT2D eigenvalue weighted by Crippen LogP contribution is -2.20. The molecule has 4 N–H and O–H groups in total. The second-order valence-electron chi connectivity index (χ2n) is 5.51. The molecule has 0 aliphatic carbocycles. The molecule has 1 heterocycles. The molecule has 1 aromatic carbocycles. The van der Waals surface area contributed by atoms with Gasteiger partial charge < -0.3 is 10.5 Å². The molecule has 9 nitrogen and oxygen atoms in total. The van der Waals surface area contributed by atoms with E-state index in [0.29, 0.717) is 5.56 Å². The maximum absolute atomic E-state index is 12.3. The van der Waals surface area contributed by atoms with Crippen LogP contribution in [0.1, 0.15) is 34.1 Å². The number of H-pyrrole nitrogens is 1. The molecular formula is C15H19N3O6S. The second-order valence-corrected chi connectivity index (χ2v) is 6.86. The number of nitrogen functional groups attached to an aromatic ring is 1. The van der Waals surface area contributed by atoms with E-state index < -0.39 is 21.6 Å². The topological polar surface area (TPSA) is 144 Å². The van der Waals surface area contributed by atoms with Crippen molar-refractivity contribution in [1.82, 2.24) is 9.78 Å². The lowest BCUT2D eigenvalue weighted by atomic mass is 10.0. The highest BCUT2D eigenvalue weighted by molar-refractivity contribution is 7.86. The summed E-state index contributed by atoms with van der Waals surface area (Å²) in [5, 5.41) is 2.59. The summed E-state index contributed by atoms with van der Waals surface area (Å²) < 4.78 is 38.8. The van der Waals surface area contributed by atoms with Gasteiger partial charge in [-0.15, -0.1) is 0 Å². The van der Waals surface area contributed by atoms with Crippen molar-refractivity contribution in [3.8, 4) is 5.69 Å². The van der Waals surface area contributed by atoms with Gasteiger partial charge in [-0.2, -0.15) is 8.42 Å². The lowest BCUT2D eigenvalue weighted by molar-refractivity contribution is 0.0519. The number of nitrogens with two attached hydrogens (primary N) is 1. The van der Waals surface area contributed by atoms with E-state index in [0.717, 1.165) is 10.7 Å². The number of nitrogens with zero attached hydrogens (tertiary/aromatic N) is 1. The van der Waals surface area contributed by atoms with Gasteiger partial charge in [0.25, 0.3) is 15.7 Å². The van der Waals surface area contributed by atoms with Gasteiger partial charge in [-0.05, 0) is 44.4 Å². The number of ether oxygens (including phenoxy) is 1. The van der Waals surface area contributed by atoms with Gasteiger partial charge in [0.2, 0.25) is 0 Å². The zero-order chi connectivity index (χ0) is 19.1. The van der Waals surface area contributed by atoms with Gasteiger partial charge >= 0.3 is 5.97 Å². The molecule has 0 aliphatic heterocycles. The fraction of sp³-hybridized carbons (Fsp3) is 0.333. The third-order valence-corrected chi connectivity index (χ3v) is 5.03. The lowest BCUT2D eigenvalue weighted by Gasteiger charge is -2.18. The minimum atomic E-state index is -4.57. The first kappa shape index (κ1) is 18.7. The summed E-state index contributed by atoms with van der Waals surface area (Å²) in [5.74, 6) is -0.719. The maximum Gasteiger partial charge on any atom is 0.356 e. The van der Waals surface area contributed by atoms with Crippen LogP contribution in [0.4, 0.5) is 5.69 Å². The average molecular weight is 369 g/mol. The smallest absolute Gasteiger partial charge is 0.356 e. The number of aromatic nitrogens is 2.